The molecule has 0 unspecified atom stereocenters. The van der Waals surface area contributed by atoms with Crippen LogP contribution in [0.5, 0.6) is 0 Å². The molecule has 26 heavy (non-hydrogen) atoms. The molecule has 0 fully saturated rings. The Hall–Kier alpha value is -3.21. The number of anilines is 2. The molecule has 0 saturated carbocycles. The highest BCUT2D eigenvalue weighted by molar-refractivity contribution is 5.99. The van der Waals surface area contributed by atoms with E-state index in [0.717, 1.165) is 12.1 Å². The molecule has 4 rings (SSSR count). The number of aliphatic imine (C=N–C) groups is 1. The molecule has 1 aliphatic heterocycles. The molecule has 1 aliphatic rings. The first-order chi connectivity index (χ1) is 12.8. The van der Waals surface area contributed by atoms with Gasteiger partial charge < -0.3 is 10.1 Å². The smallest absolute Gasteiger partial charge is 0.237 e. The van der Waals surface area contributed by atoms with Crippen molar-refractivity contribution in [3.63, 3.8) is 0 Å². The van der Waals surface area contributed by atoms with E-state index in [1.807, 2.05) is 30.3 Å². The van der Waals surface area contributed by atoms with Crippen molar-refractivity contribution < 1.29 is 9.13 Å². The Kier molecular flexibility index (Phi) is 4.60. The van der Waals surface area contributed by atoms with Gasteiger partial charge in [0, 0.05) is 11.9 Å². The summed E-state index contributed by atoms with van der Waals surface area (Å²) in [6.07, 6.45) is 2.52. The minimum Gasteiger partial charge on any atom is -0.474 e. The van der Waals surface area contributed by atoms with Crippen LogP contribution in [-0.2, 0) is 11.2 Å². The third-order valence-electron chi connectivity index (χ3n) is 4.14. The number of aromatic nitrogens is 1. The molecule has 4 nitrogen and oxygen atoms in total. The van der Waals surface area contributed by atoms with Crippen molar-refractivity contribution in [2.24, 2.45) is 4.99 Å². The molecule has 1 aromatic heterocycles. The van der Waals surface area contributed by atoms with Crippen molar-refractivity contribution in [3.05, 3.63) is 90.0 Å². The summed E-state index contributed by atoms with van der Waals surface area (Å²) in [5.74, 6) is 0.225. The summed E-state index contributed by atoms with van der Waals surface area (Å²) >= 11 is 0. The number of benzene rings is 2. The highest BCUT2D eigenvalue weighted by Gasteiger charge is 2.23. The number of pyridine rings is 1. The van der Waals surface area contributed by atoms with Gasteiger partial charge in [-0.1, -0.05) is 36.4 Å². The Bertz CT molecular complexity index is 927. The fourth-order valence-corrected chi connectivity index (χ4v) is 2.93. The van der Waals surface area contributed by atoms with Gasteiger partial charge in [0.25, 0.3) is 0 Å². The SMILES string of the molecule is Fc1cccc(Nc2cccnc2C2=N[C@@H](Cc3ccccc3)CO2)c1. The van der Waals surface area contributed by atoms with Crippen LogP contribution in [0.4, 0.5) is 15.8 Å². The average molecular weight is 347 g/mol. The monoisotopic (exact) mass is 347 g/mol. The van der Waals surface area contributed by atoms with E-state index < -0.39 is 0 Å². The van der Waals surface area contributed by atoms with E-state index in [0.29, 0.717) is 23.9 Å². The molecule has 0 aliphatic carbocycles. The lowest BCUT2D eigenvalue weighted by Crippen LogP contribution is -2.10. The maximum absolute atomic E-state index is 13.4. The van der Waals surface area contributed by atoms with E-state index in [2.05, 4.69) is 22.4 Å². The quantitative estimate of drug-likeness (QED) is 0.746. The molecule has 2 heterocycles. The van der Waals surface area contributed by atoms with E-state index in [1.54, 1.807) is 18.3 Å². The number of nitrogens with zero attached hydrogens (tertiary/aromatic N) is 2. The van der Waals surface area contributed by atoms with Crippen molar-refractivity contribution in [3.8, 4) is 0 Å². The first-order valence-corrected chi connectivity index (χ1v) is 8.50. The summed E-state index contributed by atoms with van der Waals surface area (Å²) in [7, 11) is 0. The Labute approximate surface area is 151 Å². The standard InChI is InChI=1S/C21H18FN3O/c22-16-8-4-9-17(13-16)24-19-10-5-11-23-20(19)21-25-18(14-26-21)12-15-6-2-1-3-7-15/h1-11,13,18,24H,12,14H2/t18-/m0/s1. The van der Waals surface area contributed by atoms with Crippen LogP contribution in [0.3, 0.4) is 0 Å². The topological polar surface area (TPSA) is 46.5 Å². The fraction of sp³-hybridized carbons (Fsp3) is 0.143. The van der Waals surface area contributed by atoms with Gasteiger partial charge in [-0.2, -0.15) is 0 Å². The number of rotatable bonds is 5. The average Bonchev–Trinajstić information content (AvgIpc) is 3.11. The Morgan fingerprint density at radius 2 is 1.92 bits per heavy atom. The molecule has 2 aromatic carbocycles. The van der Waals surface area contributed by atoms with E-state index in [4.69, 9.17) is 9.73 Å². The normalized spacial score (nSPS) is 16.0. The third-order valence-corrected chi connectivity index (χ3v) is 4.14. The Morgan fingerprint density at radius 1 is 1.04 bits per heavy atom. The minimum absolute atomic E-state index is 0.0661. The van der Waals surface area contributed by atoms with Crippen LogP contribution >= 0.6 is 0 Å². The van der Waals surface area contributed by atoms with E-state index in [-0.39, 0.29) is 11.9 Å². The van der Waals surface area contributed by atoms with Crippen LogP contribution in [0.2, 0.25) is 0 Å². The molecule has 130 valence electrons. The van der Waals surface area contributed by atoms with Crippen LogP contribution in [0.25, 0.3) is 0 Å². The highest BCUT2D eigenvalue weighted by Crippen LogP contribution is 2.23. The number of nitrogens with one attached hydrogen (secondary N) is 1. The fourth-order valence-electron chi connectivity index (χ4n) is 2.93. The predicted octanol–water partition coefficient (Wildman–Crippen LogP) is 4.35. The highest BCUT2D eigenvalue weighted by atomic mass is 19.1. The number of halogens is 1. The maximum Gasteiger partial charge on any atom is 0.237 e. The van der Waals surface area contributed by atoms with E-state index in [1.165, 1.54) is 17.7 Å². The lowest BCUT2D eigenvalue weighted by atomic mass is 10.1. The van der Waals surface area contributed by atoms with E-state index >= 15 is 0 Å². The van der Waals surface area contributed by atoms with Crippen LogP contribution in [-0.4, -0.2) is 23.5 Å². The van der Waals surface area contributed by atoms with Crippen LogP contribution in [0, 0.1) is 5.82 Å². The van der Waals surface area contributed by atoms with Gasteiger partial charge in [0.15, 0.2) is 0 Å². The molecule has 0 amide bonds. The molecule has 1 atom stereocenters. The molecule has 3 aromatic rings. The summed E-state index contributed by atoms with van der Waals surface area (Å²) in [5, 5.41) is 3.19. The van der Waals surface area contributed by atoms with Gasteiger partial charge >= 0.3 is 0 Å². The van der Waals surface area contributed by atoms with Crippen molar-refractivity contribution in [2.45, 2.75) is 12.5 Å². The van der Waals surface area contributed by atoms with Gasteiger partial charge in [0.05, 0.1) is 11.7 Å². The predicted molar refractivity (Wildman–Crippen MR) is 100 cm³/mol. The van der Waals surface area contributed by atoms with Crippen molar-refractivity contribution in [1.82, 2.24) is 4.98 Å². The number of hydrogen-bond acceptors (Lipinski definition) is 4. The minimum atomic E-state index is -0.294. The maximum atomic E-state index is 13.4. The van der Waals surface area contributed by atoms with Gasteiger partial charge in [-0.3, -0.25) is 0 Å². The molecule has 0 saturated heterocycles. The van der Waals surface area contributed by atoms with Gasteiger partial charge in [-0.25, -0.2) is 14.4 Å². The van der Waals surface area contributed by atoms with Crippen molar-refractivity contribution in [2.75, 3.05) is 11.9 Å². The molecule has 5 heteroatoms. The molecular weight excluding hydrogens is 329 g/mol. The molecular formula is C21H18FN3O. The lowest BCUT2D eigenvalue weighted by Gasteiger charge is -2.10. The zero-order valence-electron chi connectivity index (χ0n) is 14.1. The number of ether oxygens (including phenoxy) is 1. The third kappa shape index (κ3) is 3.72. The molecule has 0 spiro atoms. The van der Waals surface area contributed by atoms with Crippen molar-refractivity contribution >= 4 is 17.3 Å². The molecule has 1 N–H and O–H groups in total. The molecule has 0 radical (unpaired) electrons. The van der Waals surface area contributed by atoms with Crippen molar-refractivity contribution in [1.29, 1.82) is 0 Å². The summed E-state index contributed by atoms with van der Waals surface area (Å²) in [4.78, 5) is 9.10. The van der Waals surface area contributed by atoms with Crippen LogP contribution < -0.4 is 5.32 Å². The largest absolute Gasteiger partial charge is 0.474 e. The lowest BCUT2D eigenvalue weighted by molar-refractivity contribution is 0.316. The molecule has 0 bridgehead atoms. The Morgan fingerprint density at radius 3 is 2.77 bits per heavy atom. The number of hydrogen-bond donors (Lipinski definition) is 1. The van der Waals surface area contributed by atoms with Crippen LogP contribution in [0.15, 0.2) is 77.9 Å². The van der Waals surface area contributed by atoms with E-state index in [9.17, 15) is 4.39 Å². The first kappa shape index (κ1) is 16.3. The zero-order chi connectivity index (χ0) is 17.8. The summed E-state index contributed by atoms with van der Waals surface area (Å²) in [6, 6.07) is 20.3. The second kappa shape index (κ2) is 7.35. The van der Waals surface area contributed by atoms with Gasteiger partial charge in [0.1, 0.15) is 18.1 Å². The van der Waals surface area contributed by atoms with Gasteiger partial charge in [-0.05, 0) is 42.3 Å². The summed E-state index contributed by atoms with van der Waals surface area (Å²) in [6.45, 7) is 0.528. The second-order valence-electron chi connectivity index (χ2n) is 6.12. The Balaban J connectivity index is 1.55. The summed E-state index contributed by atoms with van der Waals surface area (Å²) < 4.78 is 19.2. The first-order valence-electron chi connectivity index (χ1n) is 8.50. The van der Waals surface area contributed by atoms with Gasteiger partial charge in [0.2, 0.25) is 5.90 Å². The summed E-state index contributed by atoms with van der Waals surface area (Å²) in [5.41, 5.74) is 3.24. The van der Waals surface area contributed by atoms with Crippen LogP contribution in [0.1, 0.15) is 11.3 Å². The van der Waals surface area contributed by atoms with Gasteiger partial charge in [-0.15, -0.1) is 0 Å². The second-order valence-corrected chi connectivity index (χ2v) is 6.12. The zero-order valence-corrected chi connectivity index (χ0v) is 14.1.